The summed E-state index contributed by atoms with van der Waals surface area (Å²) in [7, 11) is 1.42. The summed E-state index contributed by atoms with van der Waals surface area (Å²) in [6, 6.07) is 0. The smallest absolute Gasteiger partial charge is 0.309 e. The summed E-state index contributed by atoms with van der Waals surface area (Å²) in [4.78, 5) is 10.9. The van der Waals surface area contributed by atoms with E-state index in [1.165, 1.54) is 7.11 Å². The number of rotatable bonds is 3. The van der Waals surface area contributed by atoms with Crippen LogP contribution >= 0.6 is 0 Å². The number of hydrogen-bond donors (Lipinski definition) is 1. The second-order valence-corrected chi connectivity index (χ2v) is 2.69. The minimum atomic E-state index is -0.100. The fourth-order valence-corrected chi connectivity index (χ4v) is 1.10. The molecule has 62 valence electrons. The van der Waals surface area contributed by atoms with Gasteiger partial charge in [-0.25, -0.2) is 0 Å². The number of carbonyl (C=O) groups excluding carboxylic acids is 1. The Bertz CT molecular complexity index is 177. The van der Waals surface area contributed by atoms with Gasteiger partial charge in [0.1, 0.15) is 0 Å². The predicted molar refractivity (Wildman–Crippen MR) is 41.8 cm³/mol. The summed E-state index contributed by atoms with van der Waals surface area (Å²) in [5, 5.41) is 0. The molecule has 0 heterocycles. The maximum Gasteiger partial charge on any atom is 0.309 e. The Morgan fingerprint density at radius 3 is 3.09 bits per heavy atom. The molecule has 1 saturated carbocycles. The van der Waals surface area contributed by atoms with Crippen LogP contribution in [0.3, 0.4) is 0 Å². The molecule has 1 rings (SSSR count). The van der Waals surface area contributed by atoms with Gasteiger partial charge in [-0.2, -0.15) is 0 Å². The summed E-state index contributed by atoms with van der Waals surface area (Å²) < 4.78 is 4.58. The minimum Gasteiger partial charge on any atom is -0.469 e. The Morgan fingerprint density at radius 2 is 2.55 bits per heavy atom. The molecule has 3 nitrogen and oxygen atoms in total. The van der Waals surface area contributed by atoms with Crippen molar-refractivity contribution in [2.75, 3.05) is 13.7 Å². The first-order valence-corrected chi connectivity index (χ1v) is 3.74. The molecular weight excluding hydrogens is 142 g/mol. The predicted octanol–water partition coefficient (Wildman–Crippen LogP) is 0.310. The maximum atomic E-state index is 10.9. The molecule has 0 saturated heterocycles. The van der Waals surface area contributed by atoms with Gasteiger partial charge in [0.25, 0.3) is 0 Å². The Hall–Kier alpha value is -0.830. The summed E-state index contributed by atoms with van der Waals surface area (Å²) in [5.41, 5.74) is 5.26. The molecule has 1 aliphatic carbocycles. The number of carbonyl (C=O) groups is 1. The molecule has 1 aliphatic rings. The number of esters is 1. The zero-order valence-electron chi connectivity index (χ0n) is 6.62. The van der Waals surface area contributed by atoms with Crippen LogP contribution in [0.15, 0.2) is 12.2 Å². The molecule has 11 heavy (non-hydrogen) atoms. The monoisotopic (exact) mass is 155 g/mol. The van der Waals surface area contributed by atoms with E-state index < -0.39 is 0 Å². The highest BCUT2D eigenvalue weighted by atomic mass is 16.5. The van der Waals surface area contributed by atoms with Gasteiger partial charge in [0.2, 0.25) is 0 Å². The number of ether oxygens (including phenoxy) is 1. The highest BCUT2D eigenvalue weighted by Crippen LogP contribution is 2.40. The van der Waals surface area contributed by atoms with Crippen LogP contribution in [0.4, 0.5) is 0 Å². The minimum absolute atomic E-state index is 0.0998. The van der Waals surface area contributed by atoms with Crippen molar-refractivity contribution < 1.29 is 9.53 Å². The van der Waals surface area contributed by atoms with Crippen molar-refractivity contribution >= 4 is 5.97 Å². The van der Waals surface area contributed by atoms with E-state index in [0.29, 0.717) is 12.5 Å². The zero-order chi connectivity index (χ0) is 8.27. The molecule has 3 heteroatoms. The lowest BCUT2D eigenvalue weighted by Crippen LogP contribution is -2.03. The van der Waals surface area contributed by atoms with Crippen LogP contribution in [0.2, 0.25) is 0 Å². The van der Waals surface area contributed by atoms with Crippen LogP contribution in [-0.2, 0) is 9.53 Å². The molecule has 2 unspecified atom stereocenters. The topological polar surface area (TPSA) is 52.3 Å². The van der Waals surface area contributed by atoms with Crippen LogP contribution < -0.4 is 5.73 Å². The Balaban J connectivity index is 2.26. The SMILES string of the molecule is COC(=O)C1CC1/C=C/CN. The third-order valence-electron chi connectivity index (χ3n) is 1.86. The molecule has 0 radical (unpaired) electrons. The Kier molecular flexibility index (Phi) is 2.65. The third-order valence-corrected chi connectivity index (χ3v) is 1.86. The van der Waals surface area contributed by atoms with Crippen molar-refractivity contribution in [3.8, 4) is 0 Å². The highest BCUT2D eigenvalue weighted by Gasteiger charge is 2.41. The van der Waals surface area contributed by atoms with Gasteiger partial charge in [0.15, 0.2) is 0 Å². The van der Waals surface area contributed by atoms with E-state index in [4.69, 9.17) is 5.73 Å². The lowest BCUT2D eigenvalue weighted by atomic mass is 10.3. The molecule has 0 aromatic rings. The average Bonchev–Trinajstić information content (AvgIpc) is 2.78. The zero-order valence-corrected chi connectivity index (χ0v) is 6.62. The maximum absolute atomic E-state index is 10.9. The van der Waals surface area contributed by atoms with E-state index in [1.807, 2.05) is 12.2 Å². The fraction of sp³-hybridized carbons (Fsp3) is 0.625. The van der Waals surface area contributed by atoms with E-state index in [1.54, 1.807) is 0 Å². The summed E-state index contributed by atoms with van der Waals surface area (Å²) >= 11 is 0. The molecule has 0 amide bonds. The van der Waals surface area contributed by atoms with E-state index in [9.17, 15) is 4.79 Å². The van der Waals surface area contributed by atoms with Gasteiger partial charge in [-0.3, -0.25) is 4.79 Å². The van der Waals surface area contributed by atoms with E-state index in [-0.39, 0.29) is 11.9 Å². The molecule has 0 spiro atoms. The van der Waals surface area contributed by atoms with Crippen LogP contribution in [0.25, 0.3) is 0 Å². The van der Waals surface area contributed by atoms with Crippen molar-refractivity contribution in [2.45, 2.75) is 6.42 Å². The van der Waals surface area contributed by atoms with Crippen LogP contribution in [0.5, 0.6) is 0 Å². The van der Waals surface area contributed by atoms with Crippen molar-refractivity contribution in [1.29, 1.82) is 0 Å². The first-order chi connectivity index (χ1) is 5.29. The van der Waals surface area contributed by atoms with E-state index >= 15 is 0 Å². The van der Waals surface area contributed by atoms with Crippen LogP contribution in [-0.4, -0.2) is 19.6 Å². The summed E-state index contributed by atoms with van der Waals surface area (Å²) in [6.45, 7) is 0.546. The molecular formula is C8H13NO2. The Morgan fingerprint density at radius 1 is 1.82 bits per heavy atom. The second kappa shape index (κ2) is 3.53. The van der Waals surface area contributed by atoms with Crippen molar-refractivity contribution in [3.63, 3.8) is 0 Å². The van der Waals surface area contributed by atoms with Gasteiger partial charge >= 0.3 is 5.97 Å². The van der Waals surface area contributed by atoms with Gasteiger partial charge in [0.05, 0.1) is 13.0 Å². The van der Waals surface area contributed by atoms with Crippen LogP contribution in [0.1, 0.15) is 6.42 Å². The van der Waals surface area contributed by atoms with Gasteiger partial charge in [-0.05, 0) is 12.3 Å². The molecule has 2 N–H and O–H groups in total. The number of methoxy groups -OCH3 is 1. The highest BCUT2D eigenvalue weighted by molar-refractivity contribution is 5.76. The normalized spacial score (nSPS) is 28.9. The molecule has 0 aromatic carbocycles. The Labute approximate surface area is 66.2 Å². The lowest BCUT2D eigenvalue weighted by Gasteiger charge is -1.92. The fourth-order valence-electron chi connectivity index (χ4n) is 1.10. The van der Waals surface area contributed by atoms with Crippen molar-refractivity contribution in [2.24, 2.45) is 17.6 Å². The number of hydrogen-bond acceptors (Lipinski definition) is 3. The quantitative estimate of drug-likeness (QED) is 0.471. The van der Waals surface area contributed by atoms with E-state index in [2.05, 4.69) is 4.74 Å². The second-order valence-electron chi connectivity index (χ2n) is 2.69. The van der Waals surface area contributed by atoms with Crippen LogP contribution in [0, 0.1) is 11.8 Å². The van der Waals surface area contributed by atoms with Crippen molar-refractivity contribution in [3.05, 3.63) is 12.2 Å². The van der Waals surface area contributed by atoms with E-state index in [0.717, 1.165) is 6.42 Å². The van der Waals surface area contributed by atoms with Gasteiger partial charge in [-0.15, -0.1) is 0 Å². The first kappa shape index (κ1) is 8.27. The standard InChI is InChI=1S/C8H13NO2/c1-11-8(10)7-5-6(7)3-2-4-9/h2-3,6-7H,4-5,9H2,1H3/b3-2+. The lowest BCUT2D eigenvalue weighted by molar-refractivity contribution is -0.142. The molecule has 0 aliphatic heterocycles. The van der Waals surface area contributed by atoms with Gasteiger partial charge < -0.3 is 10.5 Å². The summed E-state index contributed by atoms with van der Waals surface area (Å²) in [6.07, 6.45) is 4.79. The molecule has 1 fully saturated rings. The van der Waals surface area contributed by atoms with Crippen molar-refractivity contribution in [1.82, 2.24) is 0 Å². The first-order valence-electron chi connectivity index (χ1n) is 3.74. The number of nitrogens with two attached hydrogens (primary N) is 1. The number of allylic oxidation sites excluding steroid dienone is 1. The summed E-state index contributed by atoms with van der Waals surface area (Å²) in [5.74, 6) is 0.380. The molecule has 0 aromatic heterocycles. The molecule has 2 atom stereocenters. The largest absolute Gasteiger partial charge is 0.469 e. The average molecular weight is 155 g/mol. The third kappa shape index (κ3) is 2.05. The van der Waals surface area contributed by atoms with Gasteiger partial charge in [-0.1, -0.05) is 12.2 Å². The molecule has 0 bridgehead atoms. The van der Waals surface area contributed by atoms with Gasteiger partial charge in [0, 0.05) is 6.54 Å².